The molecule has 0 fully saturated rings. The first-order valence-corrected chi connectivity index (χ1v) is 47.3. The quantitative estimate of drug-likeness (QED) is 0.0165. The molecular formula is C100H181N5O9. The van der Waals surface area contributed by atoms with Crippen LogP contribution in [-0.4, -0.2) is 148 Å². The normalized spacial score (nSPS) is 12.1. The summed E-state index contributed by atoms with van der Waals surface area (Å²) < 4.78 is 22.6. The van der Waals surface area contributed by atoms with Crippen LogP contribution in [-0.2, 0) is 14.2 Å². The fourth-order valence-corrected chi connectivity index (χ4v) is 13.4. The first-order chi connectivity index (χ1) is 55.8. The number of aliphatic hydroxyl groups excluding tert-OH is 1. The van der Waals surface area contributed by atoms with E-state index >= 15 is 0 Å². The van der Waals surface area contributed by atoms with E-state index in [4.69, 9.17) is 24.1 Å². The predicted molar refractivity (Wildman–Crippen MR) is 494 cm³/mol. The van der Waals surface area contributed by atoms with Gasteiger partial charge in [0.05, 0.1) is 11.5 Å². The summed E-state index contributed by atoms with van der Waals surface area (Å²) in [6.45, 7) is 21.9. The lowest BCUT2D eigenvalue weighted by molar-refractivity contribution is -0.384. The molecule has 1 aromatic carbocycles. The van der Waals surface area contributed by atoms with Crippen molar-refractivity contribution in [1.29, 1.82) is 0 Å². The Balaban J connectivity index is 0. The van der Waals surface area contributed by atoms with Gasteiger partial charge in [-0.15, -0.1) is 0 Å². The largest absolute Gasteiger partial charge is 0.514 e. The van der Waals surface area contributed by atoms with E-state index in [-0.39, 0.29) is 30.3 Å². The molecule has 0 spiro atoms. The van der Waals surface area contributed by atoms with Gasteiger partial charge in [0.1, 0.15) is 24.6 Å². The fourth-order valence-electron chi connectivity index (χ4n) is 13.4. The molecule has 14 nitrogen and oxygen atoms in total. The van der Waals surface area contributed by atoms with Crippen molar-refractivity contribution in [1.82, 2.24) is 19.6 Å². The van der Waals surface area contributed by atoms with Gasteiger partial charge in [-0.1, -0.05) is 293 Å². The second-order valence-corrected chi connectivity index (χ2v) is 32.2. The molecule has 0 heterocycles. The van der Waals surface area contributed by atoms with Crippen molar-refractivity contribution in [2.75, 3.05) is 93.8 Å². The lowest BCUT2D eigenvalue weighted by Crippen LogP contribution is -2.35. The predicted octanol–water partition coefficient (Wildman–Crippen LogP) is 29.3. The zero-order chi connectivity index (χ0) is 83.6. The maximum atomic E-state index is 12.7. The first-order valence-electron chi connectivity index (χ1n) is 47.3. The molecule has 0 saturated heterocycles. The summed E-state index contributed by atoms with van der Waals surface area (Å²) in [4.78, 5) is 44.8. The molecule has 1 rings (SSSR count). The number of carbonyl (C=O) groups excluding carboxylic acids is 2. The van der Waals surface area contributed by atoms with Gasteiger partial charge in [0.15, 0.2) is 0 Å². The van der Waals surface area contributed by atoms with Crippen LogP contribution >= 0.6 is 0 Å². The second-order valence-electron chi connectivity index (χ2n) is 32.2. The number of rotatable bonds is 79. The topological polar surface area (TPSA) is 147 Å². The number of carbonyl (C=O) groups is 2. The smallest absolute Gasteiger partial charge is 0.433 e. The molecule has 0 bridgehead atoms. The third-order valence-electron chi connectivity index (χ3n) is 20.5. The lowest BCUT2D eigenvalue weighted by Gasteiger charge is -2.23. The molecule has 0 aliphatic rings. The van der Waals surface area contributed by atoms with Gasteiger partial charge in [0.2, 0.25) is 0 Å². The highest BCUT2D eigenvalue weighted by molar-refractivity contribution is 5.64. The molecule has 0 radical (unpaired) electrons. The third kappa shape index (κ3) is 86.2. The monoisotopic (exact) mass is 1600 g/mol. The minimum Gasteiger partial charge on any atom is -0.433 e. The highest BCUT2D eigenvalue weighted by atomic mass is 16.7. The number of aliphatic hydroxyl groups is 1. The first kappa shape index (κ1) is 111. The van der Waals surface area contributed by atoms with E-state index in [1.807, 2.05) is 0 Å². The van der Waals surface area contributed by atoms with E-state index in [1.54, 1.807) is 0 Å². The van der Waals surface area contributed by atoms with Crippen molar-refractivity contribution in [2.24, 2.45) is 0 Å². The summed E-state index contributed by atoms with van der Waals surface area (Å²) >= 11 is 0. The number of likely N-dealkylation sites (N-methyl/N-ethyl adjacent to an activating group) is 2. The van der Waals surface area contributed by atoms with Gasteiger partial charge >= 0.3 is 12.3 Å². The summed E-state index contributed by atoms with van der Waals surface area (Å²) in [5.74, 6) is 0.252. The van der Waals surface area contributed by atoms with Crippen molar-refractivity contribution in [3.8, 4) is 5.75 Å². The standard InChI is InChI=1S/C47H88N2O3.C44H71NO5.C9H22N2O/c1-6-9-11-13-15-17-19-21-23-25-27-29-31-33-35-37-39-46(52-47(50)51-45-44-49(41-8-3)43-42-48(4)5)40-38-36-34-32-30-28-26-24-22-20-18-16-14-12-10-7-2;1-3-5-7-9-11-13-15-17-19-21-23-25-27-29-31-33-35-42(49-44(46)50-43-39-37-41(38-40-43)45(47)48)36-34-32-30-28-26-24-22-20-18-16-14-12-10-8-6-4-2;1-4-5-11(8-9-12)7-6-10(2)3/h15-18,21-24,46H,6-14,19-20,25-45H2,1-5H3;11-14,17-20,37-40,42H,3-10,15-16,21-36H2,1-2H3;12H,4-9H2,1-3H3/b17-15-,18-16-,23-21-,24-22-;13-11-,14-12-,19-17-,20-18-;. The Hall–Kier alpha value is -5.12. The van der Waals surface area contributed by atoms with Crippen molar-refractivity contribution in [2.45, 2.75) is 400 Å². The molecular weight excluding hydrogens is 1420 g/mol. The molecule has 14 heteroatoms. The van der Waals surface area contributed by atoms with Crippen molar-refractivity contribution >= 4 is 18.0 Å². The van der Waals surface area contributed by atoms with Crippen LogP contribution in [0.25, 0.3) is 0 Å². The number of hydrogen-bond donors (Lipinski definition) is 1. The summed E-state index contributed by atoms with van der Waals surface area (Å²) in [7, 11) is 8.34. The number of nitro benzene ring substituents is 1. The molecule has 0 amide bonds. The van der Waals surface area contributed by atoms with Gasteiger partial charge in [-0.2, -0.15) is 0 Å². The minimum atomic E-state index is -0.732. The summed E-state index contributed by atoms with van der Waals surface area (Å²) in [6.07, 6.45) is 100. The van der Waals surface area contributed by atoms with E-state index in [0.717, 1.165) is 168 Å². The summed E-state index contributed by atoms with van der Waals surface area (Å²) in [6, 6.07) is 5.52. The van der Waals surface area contributed by atoms with Crippen molar-refractivity contribution < 1.29 is 38.6 Å². The second kappa shape index (κ2) is 91.8. The zero-order valence-corrected chi connectivity index (χ0v) is 75.9. The van der Waals surface area contributed by atoms with Crippen molar-refractivity contribution in [3.63, 3.8) is 0 Å². The molecule has 1 N–H and O–H groups in total. The Bertz CT molecular complexity index is 2340. The number of unbranched alkanes of at least 4 members (excludes halogenated alkanes) is 36. The maximum absolute atomic E-state index is 12.7. The molecule has 114 heavy (non-hydrogen) atoms. The number of ether oxygens (including phenoxy) is 4. The molecule has 0 saturated carbocycles. The Morgan fingerprint density at radius 1 is 0.342 bits per heavy atom. The Kier molecular flexibility index (Phi) is 89.3. The number of benzene rings is 1. The number of hydrogen-bond acceptors (Lipinski definition) is 13. The maximum Gasteiger partial charge on any atom is 0.514 e. The highest BCUT2D eigenvalue weighted by Crippen LogP contribution is 2.23. The van der Waals surface area contributed by atoms with Gasteiger partial charge in [0, 0.05) is 51.4 Å². The SMILES string of the molecule is CCCCC/C=C\C/C=C\CCCCCCCCC(CCCCCCCC/C=C\C/C=C\CCCCC)OC(=O)OCCN(CCC)CCN(C)C.CCCCC/C=C\C/C=C\CCCCCCCCC(CCCCCCCC/C=C\C/C=C\CCCCC)OC(=O)Oc1ccc([N+](=O)[O-])cc1.CCCN(CCO)CCN(C)C. The molecule has 0 aliphatic heterocycles. The number of allylic oxidation sites excluding steroid dienone is 16. The minimum absolute atomic E-state index is 0.0235. The molecule has 0 aliphatic carbocycles. The van der Waals surface area contributed by atoms with E-state index < -0.39 is 17.2 Å². The molecule has 0 atom stereocenters. The molecule has 660 valence electrons. The van der Waals surface area contributed by atoms with Gasteiger partial charge in [0.25, 0.3) is 5.69 Å². The zero-order valence-electron chi connectivity index (χ0n) is 75.9. The van der Waals surface area contributed by atoms with Crippen LogP contribution < -0.4 is 4.74 Å². The van der Waals surface area contributed by atoms with Crippen LogP contribution in [0.3, 0.4) is 0 Å². The number of non-ortho nitro benzene ring substituents is 1. The molecule has 1 aromatic rings. The van der Waals surface area contributed by atoms with Crippen molar-refractivity contribution in [3.05, 3.63) is 132 Å². The van der Waals surface area contributed by atoms with Crippen LogP contribution in [0.2, 0.25) is 0 Å². The van der Waals surface area contributed by atoms with Crippen LogP contribution in [0.15, 0.2) is 121 Å². The molecule has 0 unspecified atom stereocenters. The number of nitro groups is 1. The van der Waals surface area contributed by atoms with E-state index in [9.17, 15) is 19.7 Å². The van der Waals surface area contributed by atoms with Gasteiger partial charge < -0.3 is 33.9 Å². The van der Waals surface area contributed by atoms with Gasteiger partial charge in [-0.25, -0.2) is 9.59 Å². The van der Waals surface area contributed by atoms with Gasteiger partial charge in [-0.05, 0) is 246 Å². The Morgan fingerprint density at radius 3 is 0.886 bits per heavy atom. The lowest BCUT2D eigenvalue weighted by atomic mass is 10.0. The van der Waals surface area contributed by atoms with E-state index in [0.29, 0.717) is 6.61 Å². The number of nitrogens with zero attached hydrogens (tertiary/aromatic N) is 5. The van der Waals surface area contributed by atoms with Gasteiger partial charge in [-0.3, -0.25) is 19.9 Å². The Labute approximate surface area is 703 Å². The Morgan fingerprint density at radius 2 is 0.614 bits per heavy atom. The van der Waals surface area contributed by atoms with Crippen LogP contribution in [0.4, 0.5) is 15.3 Å². The third-order valence-corrected chi connectivity index (χ3v) is 20.5. The average Bonchev–Trinajstić information content (AvgIpc) is 0.886. The highest BCUT2D eigenvalue weighted by Gasteiger charge is 2.19. The van der Waals surface area contributed by atoms with E-state index in [1.165, 1.54) is 255 Å². The fraction of sp³-hybridized carbons (Fsp3) is 0.760. The summed E-state index contributed by atoms with van der Waals surface area (Å²) in [5, 5.41) is 19.7. The van der Waals surface area contributed by atoms with Crippen LogP contribution in [0.1, 0.15) is 388 Å². The molecule has 0 aromatic heterocycles. The average molecular weight is 1600 g/mol. The summed E-state index contributed by atoms with van der Waals surface area (Å²) in [5.41, 5.74) is -0.0432. The van der Waals surface area contributed by atoms with Crippen LogP contribution in [0, 0.1) is 10.1 Å². The van der Waals surface area contributed by atoms with E-state index in [2.05, 4.69) is 187 Å². The van der Waals surface area contributed by atoms with Crippen LogP contribution in [0.5, 0.6) is 5.75 Å².